The van der Waals surface area contributed by atoms with Crippen LogP contribution >= 0.6 is 0 Å². The first-order valence-electron chi connectivity index (χ1n) is 9.55. The Hall–Kier alpha value is -3.22. The van der Waals surface area contributed by atoms with Gasteiger partial charge >= 0.3 is 6.03 Å². The summed E-state index contributed by atoms with van der Waals surface area (Å²) in [5.74, 6) is -1.61. The van der Waals surface area contributed by atoms with Crippen molar-refractivity contribution < 1.29 is 23.5 Å². The Labute approximate surface area is 167 Å². The van der Waals surface area contributed by atoms with E-state index in [0.717, 1.165) is 41.4 Å². The number of carbonyl (C=O) groups excluding carboxylic acids is 3. The minimum absolute atomic E-state index is 0.0190. The van der Waals surface area contributed by atoms with Crippen molar-refractivity contribution in [2.24, 2.45) is 0 Å². The number of hydrogen-bond acceptors (Lipinski definition) is 4. The molecule has 1 fully saturated rings. The molecule has 1 atom stereocenters. The molecule has 0 aromatic heterocycles. The predicted octanol–water partition coefficient (Wildman–Crippen LogP) is 3.19. The van der Waals surface area contributed by atoms with Crippen LogP contribution in [0.2, 0.25) is 0 Å². The average molecular weight is 396 g/mol. The summed E-state index contributed by atoms with van der Waals surface area (Å²) >= 11 is 0. The van der Waals surface area contributed by atoms with Gasteiger partial charge in [-0.05, 0) is 55.0 Å². The molecule has 1 saturated heterocycles. The second kappa shape index (κ2) is 7.31. The standard InChI is InChI=1S/C22H21FN2O4/c1-29-19-10-9-15(12-17(19)23)18(26)13-25-20(27)22(24-21(25)28)11-5-4-7-14-6-2-3-8-16(14)22/h2-3,6,8-10,12H,4-5,7,11,13H2,1H3,(H,24,28)/t22-/m0/s1. The molecule has 0 radical (unpaired) electrons. The fraction of sp³-hybridized carbons (Fsp3) is 0.318. The molecule has 1 heterocycles. The highest BCUT2D eigenvalue weighted by molar-refractivity contribution is 6.11. The smallest absolute Gasteiger partial charge is 0.325 e. The number of rotatable bonds is 4. The lowest BCUT2D eigenvalue weighted by Crippen LogP contribution is -2.44. The molecule has 1 N–H and O–H groups in total. The second-order valence-corrected chi connectivity index (χ2v) is 7.36. The Kier molecular flexibility index (Phi) is 4.82. The Bertz CT molecular complexity index is 1010. The Balaban J connectivity index is 1.62. The molecule has 1 aliphatic heterocycles. The van der Waals surface area contributed by atoms with Gasteiger partial charge in [0.05, 0.1) is 13.7 Å². The third kappa shape index (κ3) is 3.16. The maximum atomic E-state index is 13.9. The van der Waals surface area contributed by atoms with E-state index in [2.05, 4.69) is 5.32 Å². The first-order chi connectivity index (χ1) is 14.0. The molecule has 29 heavy (non-hydrogen) atoms. The maximum absolute atomic E-state index is 13.9. The fourth-order valence-corrected chi connectivity index (χ4v) is 4.19. The molecular weight excluding hydrogens is 375 g/mol. The van der Waals surface area contributed by atoms with E-state index in [-0.39, 0.29) is 11.3 Å². The molecule has 0 unspecified atom stereocenters. The predicted molar refractivity (Wildman–Crippen MR) is 103 cm³/mol. The highest BCUT2D eigenvalue weighted by atomic mass is 19.1. The number of aryl methyl sites for hydroxylation is 1. The monoisotopic (exact) mass is 396 g/mol. The van der Waals surface area contributed by atoms with Crippen molar-refractivity contribution in [3.63, 3.8) is 0 Å². The number of ketones is 1. The fourth-order valence-electron chi connectivity index (χ4n) is 4.19. The highest BCUT2D eigenvalue weighted by Gasteiger charge is 2.53. The topological polar surface area (TPSA) is 75.7 Å². The average Bonchev–Trinajstić information content (AvgIpc) is 2.86. The number of carbonyl (C=O) groups is 3. The van der Waals surface area contributed by atoms with Crippen LogP contribution in [0.1, 0.15) is 40.7 Å². The number of fused-ring (bicyclic) bond motifs is 2. The number of halogens is 1. The van der Waals surface area contributed by atoms with Crippen molar-refractivity contribution in [2.45, 2.75) is 31.2 Å². The van der Waals surface area contributed by atoms with Crippen LogP contribution in [0.3, 0.4) is 0 Å². The SMILES string of the molecule is COc1ccc(C(=O)CN2C(=O)N[C@]3(CCCCc4ccccc43)C2=O)cc1F. The minimum Gasteiger partial charge on any atom is -0.494 e. The Morgan fingerprint density at radius 1 is 1.21 bits per heavy atom. The summed E-state index contributed by atoms with van der Waals surface area (Å²) in [6.07, 6.45) is 3.03. The lowest BCUT2D eigenvalue weighted by molar-refractivity contribution is -0.131. The normalized spacial score (nSPS) is 21.0. The number of Topliss-reactive ketones (excluding diaryl/α,β-unsaturated/α-hetero) is 1. The molecule has 2 aliphatic rings. The first kappa shape index (κ1) is 19.1. The van der Waals surface area contributed by atoms with Crippen molar-refractivity contribution in [2.75, 3.05) is 13.7 Å². The number of urea groups is 1. The van der Waals surface area contributed by atoms with Gasteiger partial charge in [0.15, 0.2) is 17.3 Å². The van der Waals surface area contributed by atoms with Gasteiger partial charge in [-0.3, -0.25) is 14.5 Å². The van der Waals surface area contributed by atoms with Crippen LogP contribution in [-0.2, 0) is 16.8 Å². The third-order valence-electron chi connectivity index (χ3n) is 5.68. The highest BCUT2D eigenvalue weighted by Crippen LogP contribution is 2.39. The molecule has 6 nitrogen and oxygen atoms in total. The molecular formula is C22H21FN2O4. The van der Waals surface area contributed by atoms with E-state index >= 15 is 0 Å². The largest absolute Gasteiger partial charge is 0.494 e. The van der Waals surface area contributed by atoms with E-state index in [4.69, 9.17) is 4.74 Å². The lowest BCUT2D eigenvalue weighted by atomic mass is 9.84. The van der Waals surface area contributed by atoms with Crippen molar-refractivity contribution >= 4 is 17.7 Å². The number of hydrogen-bond donors (Lipinski definition) is 1. The van der Waals surface area contributed by atoms with Crippen LogP contribution < -0.4 is 10.1 Å². The van der Waals surface area contributed by atoms with E-state index < -0.39 is 35.6 Å². The molecule has 4 rings (SSSR count). The first-order valence-corrected chi connectivity index (χ1v) is 9.55. The van der Waals surface area contributed by atoms with E-state index in [1.807, 2.05) is 24.3 Å². The number of nitrogens with zero attached hydrogens (tertiary/aromatic N) is 1. The van der Waals surface area contributed by atoms with Gasteiger partial charge in [-0.25, -0.2) is 9.18 Å². The molecule has 0 bridgehead atoms. The Morgan fingerprint density at radius 3 is 2.76 bits per heavy atom. The molecule has 7 heteroatoms. The van der Waals surface area contributed by atoms with Crippen LogP contribution in [0.15, 0.2) is 42.5 Å². The summed E-state index contributed by atoms with van der Waals surface area (Å²) in [6.45, 7) is -0.444. The van der Waals surface area contributed by atoms with E-state index in [0.29, 0.717) is 6.42 Å². The van der Waals surface area contributed by atoms with E-state index in [1.165, 1.54) is 19.2 Å². The zero-order valence-electron chi connectivity index (χ0n) is 16.0. The van der Waals surface area contributed by atoms with E-state index in [9.17, 15) is 18.8 Å². The van der Waals surface area contributed by atoms with Crippen molar-refractivity contribution in [3.05, 3.63) is 65.0 Å². The zero-order chi connectivity index (χ0) is 20.6. The zero-order valence-corrected chi connectivity index (χ0v) is 16.0. The molecule has 2 aromatic carbocycles. The molecule has 2 aromatic rings. The second-order valence-electron chi connectivity index (χ2n) is 7.36. The van der Waals surface area contributed by atoms with Crippen molar-refractivity contribution in [1.82, 2.24) is 10.2 Å². The van der Waals surface area contributed by atoms with Gasteiger partial charge in [0, 0.05) is 5.56 Å². The van der Waals surface area contributed by atoms with Crippen LogP contribution in [0, 0.1) is 5.82 Å². The van der Waals surface area contributed by atoms with Gasteiger partial charge in [-0.1, -0.05) is 24.3 Å². The van der Waals surface area contributed by atoms with Crippen LogP contribution in [0.5, 0.6) is 5.75 Å². The quantitative estimate of drug-likeness (QED) is 0.636. The number of imide groups is 1. The molecule has 150 valence electrons. The number of amides is 3. The molecule has 1 spiro atoms. The summed E-state index contributed by atoms with van der Waals surface area (Å²) in [7, 11) is 1.33. The van der Waals surface area contributed by atoms with Gasteiger partial charge in [-0.2, -0.15) is 0 Å². The van der Waals surface area contributed by atoms with Gasteiger partial charge in [0.1, 0.15) is 5.54 Å². The molecule has 3 amide bonds. The lowest BCUT2D eigenvalue weighted by Gasteiger charge is -2.27. The summed E-state index contributed by atoms with van der Waals surface area (Å²) in [6, 6.07) is 10.8. The van der Waals surface area contributed by atoms with Crippen LogP contribution in [0.4, 0.5) is 9.18 Å². The minimum atomic E-state index is -1.14. The molecule has 1 aliphatic carbocycles. The van der Waals surface area contributed by atoms with Crippen molar-refractivity contribution in [1.29, 1.82) is 0 Å². The number of methoxy groups -OCH3 is 1. The number of benzene rings is 2. The van der Waals surface area contributed by atoms with Crippen LogP contribution in [-0.4, -0.2) is 36.3 Å². The van der Waals surface area contributed by atoms with Crippen LogP contribution in [0.25, 0.3) is 0 Å². The summed E-state index contributed by atoms with van der Waals surface area (Å²) < 4.78 is 18.8. The third-order valence-corrected chi connectivity index (χ3v) is 5.68. The summed E-state index contributed by atoms with van der Waals surface area (Å²) in [5.41, 5.74) is 0.756. The van der Waals surface area contributed by atoms with Gasteiger partial charge in [0.2, 0.25) is 0 Å². The van der Waals surface area contributed by atoms with E-state index in [1.54, 1.807) is 0 Å². The van der Waals surface area contributed by atoms with Gasteiger partial charge < -0.3 is 10.1 Å². The number of ether oxygens (including phenoxy) is 1. The maximum Gasteiger partial charge on any atom is 0.325 e. The summed E-state index contributed by atoms with van der Waals surface area (Å²) in [5, 5.41) is 2.84. The number of nitrogens with one attached hydrogen (secondary N) is 1. The molecule has 0 saturated carbocycles. The van der Waals surface area contributed by atoms with Crippen molar-refractivity contribution in [3.8, 4) is 5.75 Å². The Morgan fingerprint density at radius 2 is 2.00 bits per heavy atom. The summed E-state index contributed by atoms with van der Waals surface area (Å²) in [4.78, 5) is 39.6. The van der Waals surface area contributed by atoms with Gasteiger partial charge in [-0.15, -0.1) is 0 Å². The van der Waals surface area contributed by atoms with Gasteiger partial charge in [0.25, 0.3) is 5.91 Å².